The number of benzene rings is 3. The Labute approximate surface area is 176 Å². The summed E-state index contributed by atoms with van der Waals surface area (Å²) in [5, 5.41) is 14.4. The van der Waals surface area contributed by atoms with Crippen molar-refractivity contribution in [3.05, 3.63) is 82.9 Å². The van der Waals surface area contributed by atoms with Gasteiger partial charge in [0.2, 0.25) is 5.13 Å². The molecule has 0 aliphatic rings. The second kappa shape index (κ2) is 8.58. The van der Waals surface area contributed by atoms with Gasteiger partial charge < -0.3 is 14.8 Å². The monoisotopic (exact) mass is 420 g/mol. The number of hydrogen-bond acceptors (Lipinski definition) is 8. The Morgan fingerprint density at radius 2 is 1.50 bits per heavy atom. The van der Waals surface area contributed by atoms with E-state index in [0.29, 0.717) is 28.1 Å². The minimum absolute atomic E-state index is 0.0375. The van der Waals surface area contributed by atoms with Gasteiger partial charge in [0.25, 0.3) is 5.69 Å². The van der Waals surface area contributed by atoms with Gasteiger partial charge in [-0.1, -0.05) is 0 Å². The summed E-state index contributed by atoms with van der Waals surface area (Å²) in [6.45, 7) is 0. The lowest BCUT2D eigenvalue weighted by Gasteiger charge is -2.07. The zero-order valence-electron chi connectivity index (χ0n) is 15.8. The fourth-order valence-corrected chi connectivity index (χ4v) is 3.24. The van der Waals surface area contributed by atoms with Gasteiger partial charge in [-0.25, -0.2) is 0 Å². The molecule has 0 bridgehead atoms. The van der Waals surface area contributed by atoms with Gasteiger partial charge in [-0.3, -0.25) is 10.1 Å². The topological polar surface area (TPSA) is 99.4 Å². The predicted octanol–water partition coefficient (Wildman–Crippen LogP) is 5.66. The maximum atomic E-state index is 10.7. The van der Waals surface area contributed by atoms with E-state index in [9.17, 15) is 10.1 Å². The molecule has 0 radical (unpaired) electrons. The average molecular weight is 420 g/mol. The summed E-state index contributed by atoms with van der Waals surface area (Å²) >= 11 is 1.21. The molecule has 150 valence electrons. The summed E-state index contributed by atoms with van der Waals surface area (Å²) in [5.41, 5.74) is 1.59. The van der Waals surface area contributed by atoms with E-state index in [4.69, 9.17) is 9.47 Å². The van der Waals surface area contributed by atoms with Gasteiger partial charge >= 0.3 is 0 Å². The van der Waals surface area contributed by atoms with Crippen molar-refractivity contribution in [2.45, 2.75) is 0 Å². The van der Waals surface area contributed by atoms with Crippen molar-refractivity contribution in [2.75, 3.05) is 12.4 Å². The molecule has 3 aromatic carbocycles. The van der Waals surface area contributed by atoms with Crippen LogP contribution in [0.5, 0.6) is 17.2 Å². The third-order valence-corrected chi connectivity index (χ3v) is 4.79. The Balaban J connectivity index is 1.42. The van der Waals surface area contributed by atoms with Crippen molar-refractivity contribution in [1.82, 2.24) is 9.36 Å². The highest BCUT2D eigenvalue weighted by molar-refractivity contribution is 7.09. The summed E-state index contributed by atoms with van der Waals surface area (Å²) in [5.74, 6) is 2.76. The molecule has 30 heavy (non-hydrogen) atoms. The van der Waals surface area contributed by atoms with E-state index >= 15 is 0 Å². The zero-order valence-corrected chi connectivity index (χ0v) is 16.6. The molecule has 0 aliphatic heterocycles. The first kappa shape index (κ1) is 19.3. The van der Waals surface area contributed by atoms with Gasteiger partial charge in [-0.05, 0) is 60.7 Å². The first-order valence-electron chi connectivity index (χ1n) is 8.88. The molecular formula is C21H16N4O4S. The highest BCUT2D eigenvalue weighted by Crippen LogP contribution is 2.28. The molecule has 0 aliphatic carbocycles. The van der Waals surface area contributed by atoms with Crippen LogP contribution in [0.3, 0.4) is 0 Å². The third kappa shape index (κ3) is 4.53. The van der Waals surface area contributed by atoms with Crippen LogP contribution in [0.1, 0.15) is 0 Å². The summed E-state index contributed by atoms with van der Waals surface area (Å²) in [7, 11) is 1.62. The molecule has 0 atom stereocenters. The zero-order chi connectivity index (χ0) is 20.9. The van der Waals surface area contributed by atoms with Crippen molar-refractivity contribution in [1.29, 1.82) is 0 Å². The smallest absolute Gasteiger partial charge is 0.269 e. The minimum atomic E-state index is -0.436. The molecule has 1 aromatic heterocycles. The summed E-state index contributed by atoms with van der Waals surface area (Å²) in [4.78, 5) is 14.8. The molecule has 0 fully saturated rings. The maximum absolute atomic E-state index is 10.7. The Hall–Kier alpha value is -3.98. The van der Waals surface area contributed by atoms with Crippen LogP contribution in [-0.2, 0) is 0 Å². The van der Waals surface area contributed by atoms with E-state index in [-0.39, 0.29) is 5.69 Å². The van der Waals surface area contributed by atoms with Crippen LogP contribution in [0.15, 0.2) is 72.8 Å². The number of methoxy groups -OCH3 is 1. The number of nitro groups is 1. The van der Waals surface area contributed by atoms with E-state index < -0.39 is 4.92 Å². The molecule has 4 rings (SSSR count). The van der Waals surface area contributed by atoms with E-state index in [0.717, 1.165) is 11.3 Å². The Morgan fingerprint density at radius 1 is 0.900 bits per heavy atom. The number of ether oxygens (including phenoxy) is 2. The first-order chi connectivity index (χ1) is 14.6. The fraction of sp³-hybridized carbons (Fsp3) is 0.0476. The van der Waals surface area contributed by atoms with Gasteiger partial charge in [0, 0.05) is 34.9 Å². The van der Waals surface area contributed by atoms with Crippen molar-refractivity contribution in [3.8, 4) is 28.6 Å². The van der Waals surface area contributed by atoms with Crippen molar-refractivity contribution < 1.29 is 14.4 Å². The molecule has 4 aromatic rings. The molecular weight excluding hydrogens is 404 g/mol. The quantitative estimate of drug-likeness (QED) is 0.304. The summed E-state index contributed by atoms with van der Waals surface area (Å²) < 4.78 is 15.3. The average Bonchev–Trinajstić information content (AvgIpc) is 3.23. The van der Waals surface area contributed by atoms with Gasteiger partial charge in [-0.2, -0.15) is 9.36 Å². The van der Waals surface area contributed by atoms with Gasteiger partial charge in [-0.15, -0.1) is 0 Å². The summed E-state index contributed by atoms with van der Waals surface area (Å²) in [6, 6.07) is 21.0. The number of anilines is 2. The number of rotatable bonds is 7. The fourth-order valence-electron chi connectivity index (χ4n) is 2.63. The molecule has 0 saturated heterocycles. The highest BCUT2D eigenvalue weighted by atomic mass is 32.1. The number of aromatic nitrogens is 2. The SMILES string of the molecule is COc1ccc(Oc2ccc(-c3nsc(Nc4ccc([N+](=O)[O-])cc4)n3)cc2)cc1. The number of nitrogens with one attached hydrogen (secondary N) is 1. The number of non-ortho nitro benzene ring substituents is 1. The lowest BCUT2D eigenvalue weighted by Crippen LogP contribution is -1.91. The molecule has 0 unspecified atom stereocenters. The molecule has 8 nitrogen and oxygen atoms in total. The molecule has 0 spiro atoms. The molecule has 0 amide bonds. The van der Waals surface area contributed by atoms with Crippen molar-refractivity contribution in [2.24, 2.45) is 0 Å². The summed E-state index contributed by atoms with van der Waals surface area (Å²) in [6.07, 6.45) is 0. The predicted molar refractivity (Wildman–Crippen MR) is 115 cm³/mol. The van der Waals surface area contributed by atoms with Crippen LogP contribution in [0, 0.1) is 10.1 Å². The van der Waals surface area contributed by atoms with Crippen LogP contribution in [-0.4, -0.2) is 21.4 Å². The minimum Gasteiger partial charge on any atom is -0.497 e. The van der Waals surface area contributed by atoms with Gasteiger partial charge in [0.1, 0.15) is 17.2 Å². The van der Waals surface area contributed by atoms with Crippen LogP contribution >= 0.6 is 11.5 Å². The Morgan fingerprint density at radius 3 is 2.10 bits per heavy atom. The Bertz CT molecular complexity index is 1140. The molecule has 0 saturated carbocycles. The van der Waals surface area contributed by atoms with Crippen LogP contribution in [0.4, 0.5) is 16.5 Å². The number of nitrogens with zero attached hydrogens (tertiary/aromatic N) is 3. The second-order valence-electron chi connectivity index (χ2n) is 6.15. The first-order valence-corrected chi connectivity index (χ1v) is 9.65. The number of hydrogen-bond donors (Lipinski definition) is 1. The second-order valence-corrected chi connectivity index (χ2v) is 6.91. The van der Waals surface area contributed by atoms with Crippen molar-refractivity contribution >= 4 is 28.0 Å². The number of nitro benzene ring substituents is 1. The van der Waals surface area contributed by atoms with Gasteiger partial charge in [0.15, 0.2) is 5.82 Å². The largest absolute Gasteiger partial charge is 0.497 e. The highest BCUT2D eigenvalue weighted by Gasteiger charge is 2.09. The molecule has 1 heterocycles. The normalized spacial score (nSPS) is 10.4. The van der Waals surface area contributed by atoms with E-state index in [1.165, 1.54) is 23.7 Å². The van der Waals surface area contributed by atoms with Crippen LogP contribution in [0.25, 0.3) is 11.4 Å². The van der Waals surface area contributed by atoms with Gasteiger partial charge in [0.05, 0.1) is 12.0 Å². The van der Waals surface area contributed by atoms with Crippen LogP contribution < -0.4 is 14.8 Å². The maximum Gasteiger partial charge on any atom is 0.269 e. The van der Waals surface area contributed by atoms with E-state index in [1.54, 1.807) is 19.2 Å². The van der Waals surface area contributed by atoms with E-state index in [1.807, 2.05) is 48.5 Å². The lowest BCUT2D eigenvalue weighted by atomic mass is 10.2. The Kier molecular flexibility index (Phi) is 5.53. The molecule has 9 heteroatoms. The lowest BCUT2D eigenvalue weighted by molar-refractivity contribution is -0.384. The standard InChI is InChI=1S/C21H16N4O4S/c1-28-17-10-12-19(13-11-17)29-18-8-2-14(3-9-18)20-23-21(30-24-20)22-15-4-6-16(7-5-15)25(26)27/h2-13H,1H3,(H,22,23,24). The van der Waals surface area contributed by atoms with E-state index in [2.05, 4.69) is 14.7 Å². The third-order valence-electron chi connectivity index (χ3n) is 4.16. The molecule has 1 N–H and O–H groups in total. The van der Waals surface area contributed by atoms with Crippen molar-refractivity contribution in [3.63, 3.8) is 0 Å². The van der Waals surface area contributed by atoms with Crippen LogP contribution in [0.2, 0.25) is 0 Å².